The minimum absolute atomic E-state index is 0.616. The number of benzene rings is 8. The maximum Gasteiger partial charge on any atom is 0.170 e. The lowest BCUT2D eigenvalue weighted by atomic mass is 9.67. The third kappa shape index (κ3) is 4.42. The minimum atomic E-state index is -0.616. The summed E-state index contributed by atoms with van der Waals surface area (Å²) in [5, 5.41) is 2.24. The Kier molecular flexibility index (Phi) is 6.43. The van der Waals surface area contributed by atoms with Crippen molar-refractivity contribution in [1.82, 2.24) is 9.97 Å². The summed E-state index contributed by atoms with van der Waals surface area (Å²) in [6.45, 7) is 0. The number of fused-ring (bicyclic) bond motifs is 8. The maximum absolute atomic E-state index is 6.49. The first-order chi connectivity index (χ1) is 26.3. The Hall–Kier alpha value is -7.04. The van der Waals surface area contributed by atoms with Gasteiger partial charge >= 0.3 is 0 Å². The van der Waals surface area contributed by atoms with E-state index in [1.165, 1.54) is 22.3 Å². The van der Waals surface area contributed by atoms with Crippen LogP contribution in [0.15, 0.2) is 182 Å². The van der Waals surface area contributed by atoms with Crippen LogP contribution in [-0.4, -0.2) is 9.97 Å². The number of para-hydroxylation sites is 2. The van der Waals surface area contributed by atoms with Gasteiger partial charge in [-0.1, -0.05) is 152 Å². The van der Waals surface area contributed by atoms with E-state index < -0.39 is 5.41 Å². The molecule has 11 rings (SSSR count). The predicted octanol–water partition coefficient (Wildman–Crippen LogP) is 12.4. The quantitative estimate of drug-likeness (QED) is 0.174. The number of rotatable bonds is 4. The average molecular weight is 679 g/mol. The van der Waals surface area contributed by atoms with Crippen molar-refractivity contribution in [2.75, 3.05) is 0 Å². The second-order valence-corrected chi connectivity index (χ2v) is 13.7. The molecule has 0 spiro atoms. The fourth-order valence-corrected chi connectivity index (χ4v) is 8.45. The number of aromatic nitrogens is 2. The standard InChI is InChI=1S/C49H30N2O2/c1-2-13-32(14-3-1)46-47(51-48-36-15-5-4-12-31(36)24-28-41(48)50-46)33-22-25-34(26-23-33)49(39-18-8-6-16-37(39)38-17-7-9-19-40(38)49)35-27-29-44-45(30-35)53-43-21-11-10-20-42(43)52-44/h1-30H. The fraction of sp³-hybridized carbons (Fsp3) is 0.0204. The summed E-state index contributed by atoms with van der Waals surface area (Å²) in [7, 11) is 0. The zero-order chi connectivity index (χ0) is 34.9. The Labute approximate surface area is 306 Å². The van der Waals surface area contributed by atoms with E-state index >= 15 is 0 Å². The summed E-state index contributed by atoms with van der Waals surface area (Å²) in [6, 6.07) is 63.7. The first-order valence-electron chi connectivity index (χ1n) is 17.9. The molecule has 8 aromatic carbocycles. The normalized spacial score (nSPS) is 13.4. The van der Waals surface area contributed by atoms with Crippen molar-refractivity contribution in [2.24, 2.45) is 0 Å². The highest BCUT2D eigenvalue weighted by molar-refractivity contribution is 6.05. The number of hydrogen-bond donors (Lipinski definition) is 0. The molecule has 53 heavy (non-hydrogen) atoms. The molecule has 2 aliphatic rings. The van der Waals surface area contributed by atoms with Crippen LogP contribution in [0.1, 0.15) is 22.3 Å². The van der Waals surface area contributed by atoms with Gasteiger partial charge in [0, 0.05) is 16.5 Å². The molecule has 248 valence electrons. The molecule has 2 heterocycles. The van der Waals surface area contributed by atoms with Crippen LogP contribution in [0.2, 0.25) is 0 Å². The largest absolute Gasteiger partial charge is 0.450 e. The third-order valence-corrected chi connectivity index (χ3v) is 10.8. The predicted molar refractivity (Wildman–Crippen MR) is 212 cm³/mol. The molecule has 1 aromatic heterocycles. The van der Waals surface area contributed by atoms with E-state index in [2.05, 4.69) is 146 Å². The molecular weight excluding hydrogens is 649 g/mol. The monoisotopic (exact) mass is 678 g/mol. The fourth-order valence-electron chi connectivity index (χ4n) is 8.45. The SMILES string of the molecule is c1ccc(-c2nc3ccc4ccccc4c3nc2-c2ccc(C3(c4ccc5c(c4)Oc4ccccc4O5)c4ccccc4-c4ccccc43)cc2)cc1. The van der Waals surface area contributed by atoms with Crippen molar-refractivity contribution in [3.05, 3.63) is 204 Å². The molecule has 0 amide bonds. The lowest BCUT2D eigenvalue weighted by Crippen LogP contribution is -2.28. The van der Waals surface area contributed by atoms with E-state index in [1.54, 1.807) is 0 Å². The van der Waals surface area contributed by atoms with Gasteiger partial charge in [-0.3, -0.25) is 0 Å². The summed E-state index contributed by atoms with van der Waals surface area (Å²) in [4.78, 5) is 10.7. The molecular formula is C49H30N2O2. The molecule has 0 fully saturated rings. The third-order valence-electron chi connectivity index (χ3n) is 10.8. The van der Waals surface area contributed by atoms with Gasteiger partial charge in [0.1, 0.15) is 0 Å². The summed E-state index contributed by atoms with van der Waals surface area (Å²) in [6.07, 6.45) is 0. The number of nitrogens with zero attached hydrogens (tertiary/aromatic N) is 2. The topological polar surface area (TPSA) is 44.2 Å². The Balaban J connectivity index is 1.13. The molecule has 0 saturated heterocycles. The van der Waals surface area contributed by atoms with Crippen LogP contribution in [0.5, 0.6) is 23.0 Å². The van der Waals surface area contributed by atoms with Gasteiger partial charge in [-0.2, -0.15) is 0 Å². The van der Waals surface area contributed by atoms with E-state index in [0.717, 1.165) is 55.4 Å². The van der Waals surface area contributed by atoms with Crippen LogP contribution >= 0.6 is 0 Å². The lowest BCUT2D eigenvalue weighted by molar-refractivity contribution is 0.359. The molecule has 0 atom stereocenters. The highest BCUT2D eigenvalue weighted by Crippen LogP contribution is 2.58. The van der Waals surface area contributed by atoms with Gasteiger partial charge < -0.3 is 9.47 Å². The summed E-state index contributed by atoms with van der Waals surface area (Å²) >= 11 is 0. The van der Waals surface area contributed by atoms with Gasteiger partial charge in [-0.25, -0.2) is 9.97 Å². The van der Waals surface area contributed by atoms with Crippen LogP contribution in [-0.2, 0) is 5.41 Å². The summed E-state index contributed by atoms with van der Waals surface area (Å²) < 4.78 is 12.8. The first-order valence-corrected chi connectivity index (χ1v) is 17.9. The zero-order valence-electron chi connectivity index (χ0n) is 28.5. The van der Waals surface area contributed by atoms with Gasteiger partial charge in [0.05, 0.1) is 27.8 Å². The Bertz CT molecular complexity index is 2850. The van der Waals surface area contributed by atoms with Gasteiger partial charge in [0.25, 0.3) is 0 Å². The van der Waals surface area contributed by atoms with Crippen molar-refractivity contribution in [1.29, 1.82) is 0 Å². The molecule has 1 aliphatic carbocycles. The van der Waals surface area contributed by atoms with Gasteiger partial charge in [0.15, 0.2) is 23.0 Å². The molecule has 4 heteroatoms. The van der Waals surface area contributed by atoms with Gasteiger partial charge in [-0.15, -0.1) is 0 Å². The second kappa shape index (κ2) is 11.5. The van der Waals surface area contributed by atoms with Crippen LogP contribution in [0.3, 0.4) is 0 Å². The van der Waals surface area contributed by atoms with Crippen molar-refractivity contribution in [2.45, 2.75) is 5.41 Å². The molecule has 0 bridgehead atoms. The molecule has 0 saturated carbocycles. The minimum Gasteiger partial charge on any atom is -0.450 e. The molecule has 4 nitrogen and oxygen atoms in total. The van der Waals surface area contributed by atoms with Crippen molar-refractivity contribution < 1.29 is 9.47 Å². The Morgan fingerprint density at radius 3 is 1.72 bits per heavy atom. The lowest BCUT2D eigenvalue weighted by Gasteiger charge is -2.34. The van der Waals surface area contributed by atoms with Gasteiger partial charge in [0.2, 0.25) is 0 Å². The maximum atomic E-state index is 6.49. The second-order valence-electron chi connectivity index (χ2n) is 13.7. The molecule has 0 N–H and O–H groups in total. The van der Waals surface area contributed by atoms with Crippen LogP contribution in [0.25, 0.3) is 55.4 Å². The van der Waals surface area contributed by atoms with E-state index in [4.69, 9.17) is 19.4 Å². The van der Waals surface area contributed by atoms with E-state index in [9.17, 15) is 0 Å². The van der Waals surface area contributed by atoms with E-state index in [0.29, 0.717) is 23.0 Å². The first kappa shape index (κ1) is 29.7. The van der Waals surface area contributed by atoms with Gasteiger partial charge in [-0.05, 0) is 69.1 Å². The van der Waals surface area contributed by atoms with Crippen LogP contribution < -0.4 is 9.47 Å². The number of ether oxygens (including phenoxy) is 2. The molecule has 9 aromatic rings. The van der Waals surface area contributed by atoms with Crippen LogP contribution in [0.4, 0.5) is 0 Å². The van der Waals surface area contributed by atoms with Crippen LogP contribution in [0, 0.1) is 0 Å². The Morgan fingerprint density at radius 1 is 0.396 bits per heavy atom. The average Bonchev–Trinajstić information content (AvgIpc) is 3.53. The van der Waals surface area contributed by atoms with Crippen molar-refractivity contribution in [3.63, 3.8) is 0 Å². The molecule has 1 aliphatic heterocycles. The number of hydrogen-bond acceptors (Lipinski definition) is 4. The molecule has 0 radical (unpaired) electrons. The Morgan fingerprint density at radius 2 is 0.962 bits per heavy atom. The highest BCUT2D eigenvalue weighted by Gasteiger charge is 2.46. The smallest absolute Gasteiger partial charge is 0.170 e. The van der Waals surface area contributed by atoms with E-state index in [1.807, 2.05) is 36.4 Å². The summed E-state index contributed by atoms with van der Waals surface area (Å²) in [5.41, 5.74) is 12.1. The zero-order valence-corrected chi connectivity index (χ0v) is 28.5. The van der Waals surface area contributed by atoms with E-state index in [-0.39, 0.29) is 0 Å². The van der Waals surface area contributed by atoms with Crippen molar-refractivity contribution >= 4 is 21.8 Å². The highest BCUT2D eigenvalue weighted by atomic mass is 16.6. The summed E-state index contributed by atoms with van der Waals surface area (Å²) in [5.74, 6) is 2.83. The van der Waals surface area contributed by atoms with Crippen molar-refractivity contribution in [3.8, 4) is 56.6 Å². The molecule has 0 unspecified atom stereocenters.